The second-order valence-electron chi connectivity index (χ2n) is 6.44. The number of likely N-dealkylation sites (N-methyl/N-ethyl adjacent to an activating group) is 1. The second-order valence-corrected chi connectivity index (χ2v) is 6.44. The van der Waals surface area contributed by atoms with Gasteiger partial charge in [0.1, 0.15) is 12.1 Å². The van der Waals surface area contributed by atoms with Crippen LogP contribution >= 0.6 is 0 Å². The van der Waals surface area contributed by atoms with Gasteiger partial charge in [-0.15, -0.1) is 5.10 Å². The molecule has 3 rings (SSSR count). The van der Waals surface area contributed by atoms with Crippen molar-refractivity contribution in [2.24, 2.45) is 0 Å². The molecule has 0 radical (unpaired) electrons. The molecular formula is C16H24N4O2. The summed E-state index contributed by atoms with van der Waals surface area (Å²) in [5, 5.41) is 8.43. The second kappa shape index (κ2) is 6.20. The van der Waals surface area contributed by atoms with E-state index in [-0.39, 0.29) is 18.1 Å². The fraction of sp³-hybridized carbons (Fsp3) is 0.688. The highest BCUT2D eigenvalue weighted by Crippen LogP contribution is 2.25. The molecule has 1 aromatic rings. The molecule has 2 fully saturated rings. The summed E-state index contributed by atoms with van der Waals surface area (Å²) in [7, 11) is 2.04. The van der Waals surface area contributed by atoms with Crippen LogP contribution in [0.1, 0.15) is 31.9 Å². The van der Waals surface area contributed by atoms with Gasteiger partial charge in [-0.3, -0.25) is 9.69 Å². The van der Waals surface area contributed by atoms with Gasteiger partial charge in [-0.05, 0) is 45.9 Å². The third kappa shape index (κ3) is 3.06. The fourth-order valence-electron chi connectivity index (χ4n) is 3.38. The molecule has 2 aliphatic heterocycles. The van der Waals surface area contributed by atoms with Gasteiger partial charge in [0.15, 0.2) is 5.82 Å². The first-order chi connectivity index (χ1) is 10.5. The minimum absolute atomic E-state index is 0.0302. The number of anilines is 1. The molecule has 2 aliphatic rings. The predicted octanol–water partition coefficient (Wildman–Crippen LogP) is 1.39. The number of carbonyl (C=O) groups excluding carboxylic acids is 1. The number of nitrogens with zero attached hydrogens (tertiary/aromatic N) is 4. The molecule has 0 unspecified atom stereocenters. The van der Waals surface area contributed by atoms with Crippen LogP contribution in [0.2, 0.25) is 0 Å². The zero-order valence-electron chi connectivity index (χ0n) is 13.5. The molecule has 3 heterocycles. The number of rotatable bonds is 3. The van der Waals surface area contributed by atoms with Gasteiger partial charge < -0.3 is 9.64 Å². The molecule has 0 N–H and O–H groups in total. The van der Waals surface area contributed by atoms with E-state index in [1.165, 1.54) is 0 Å². The molecule has 0 spiro atoms. The summed E-state index contributed by atoms with van der Waals surface area (Å²) in [6.45, 7) is 5.78. The Morgan fingerprint density at radius 2 is 2.18 bits per heavy atom. The van der Waals surface area contributed by atoms with Crippen LogP contribution in [0.15, 0.2) is 12.1 Å². The monoisotopic (exact) mass is 304 g/mol. The van der Waals surface area contributed by atoms with Gasteiger partial charge in [0, 0.05) is 25.6 Å². The molecule has 1 aromatic heterocycles. The van der Waals surface area contributed by atoms with Crippen molar-refractivity contribution in [1.29, 1.82) is 0 Å². The maximum Gasteiger partial charge on any atom is 0.323 e. The maximum absolute atomic E-state index is 12.0. The van der Waals surface area contributed by atoms with Gasteiger partial charge in [-0.1, -0.05) is 0 Å². The van der Waals surface area contributed by atoms with Crippen molar-refractivity contribution in [3.05, 3.63) is 17.8 Å². The molecule has 0 saturated carbocycles. The Bertz CT molecular complexity index is 533. The largest absolute Gasteiger partial charge is 0.461 e. The zero-order valence-corrected chi connectivity index (χ0v) is 13.5. The van der Waals surface area contributed by atoms with E-state index in [2.05, 4.69) is 20.0 Å². The average Bonchev–Trinajstić information content (AvgIpc) is 2.86. The van der Waals surface area contributed by atoms with Crippen molar-refractivity contribution < 1.29 is 9.53 Å². The lowest BCUT2D eigenvalue weighted by Crippen LogP contribution is -2.51. The summed E-state index contributed by atoms with van der Waals surface area (Å²) in [5.41, 5.74) is 0.928. The number of aromatic nitrogens is 2. The van der Waals surface area contributed by atoms with Crippen molar-refractivity contribution in [3.63, 3.8) is 0 Å². The van der Waals surface area contributed by atoms with E-state index in [1.807, 2.05) is 33.0 Å². The number of esters is 1. The van der Waals surface area contributed by atoms with E-state index in [1.54, 1.807) is 0 Å². The Labute approximate surface area is 131 Å². The highest BCUT2D eigenvalue weighted by Gasteiger charge is 2.38. The zero-order chi connectivity index (χ0) is 15.7. The summed E-state index contributed by atoms with van der Waals surface area (Å²) in [4.78, 5) is 16.4. The van der Waals surface area contributed by atoms with E-state index in [4.69, 9.17) is 4.74 Å². The van der Waals surface area contributed by atoms with Crippen LogP contribution in [0.5, 0.6) is 0 Å². The molecule has 0 bridgehead atoms. The van der Waals surface area contributed by atoms with E-state index in [0.717, 1.165) is 43.9 Å². The lowest BCUT2D eigenvalue weighted by Gasteiger charge is -2.39. The molecule has 0 aliphatic carbocycles. The summed E-state index contributed by atoms with van der Waals surface area (Å²) in [5.74, 6) is 0.841. The number of piperidine rings is 1. The summed E-state index contributed by atoms with van der Waals surface area (Å²) < 4.78 is 5.29. The summed E-state index contributed by atoms with van der Waals surface area (Å²) >= 11 is 0. The summed E-state index contributed by atoms with van der Waals surface area (Å²) in [6, 6.07) is 4.26. The van der Waals surface area contributed by atoms with Crippen molar-refractivity contribution in [2.75, 3.05) is 25.0 Å². The Balaban J connectivity index is 1.67. The van der Waals surface area contributed by atoms with Crippen LogP contribution < -0.4 is 4.90 Å². The van der Waals surface area contributed by atoms with Gasteiger partial charge in [-0.25, -0.2) is 0 Å². The third-order valence-electron chi connectivity index (χ3n) is 4.72. The Morgan fingerprint density at radius 3 is 2.82 bits per heavy atom. The van der Waals surface area contributed by atoms with Crippen molar-refractivity contribution in [2.45, 2.75) is 51.3 Å². The normalized spacial score (nSPS) is 29.0. The molecule has 3 atom stereocenters. The minimum Gasteiger partial charge on any atom is -0.461 e. The lowest BCUT2D eigenvalue weighted by atomic mass is 10.0. The van der Waals surface area contributed by atoms with Crippen molar-refractivity contribution >= 4 is 11.8 Å². The van der Waals surface area contributed by atoms with Crippen LogP contribution in [-0.4, -0.2) is 59.4 Å². The molecular weight excluding hydrogens is 280 g/mol. The Kier molecular flexibility index (Phi) is 4.29. The standard InChI is InChI=1S/C16H24N4O2/c1-11-6-7-15(18-17-11)20-8-4-5-13(10-20)19(3)14-9-12(2)22-16(14)21/h6-7,12-14H,4-5,8-10H2,1-3H3/t12-,13-,14+/m0/s1. The van der Waals surface area contributed by atoms with E-state index >= 15 is 0 Å². The van der Waals surface area contributed by atoms with E-state index in [9.17, 15) is 4.79 Å². The number of hydrogen-bond acceptors (Lipinski definition) is 6. The molecule has 0 aromatic carbocycles. The molecule has 120 valence electrons. The van der Waals surface area contributed by atoms with Gasteiger partial charge >= 0.3 is 5.97 Å². The van der Waals surface area contributed by atoms with Gasteiger partial charge in [0.25, 0.3) is 0 Å². The topological polar surface area (TPSA) is 58.6 Å². The van der Waals surface area contributed by atoms with Crippen LogP contribution in [0.3, 0.4) is 0 Å². The SMILES string of the molecule is Cc1ccc(N2CCC[C@H](N(C)[C@@H]3C[C@H](C)OC3=O)C2)nn1. The Hall–Kier alpha value is -1.69. The number of ether oxygens (including phenoxy) is 1. The summed E-state index contributed by atoms with van der Waals surface area (Å²) in [6.07, 6.45) is 3.02. The molecule has 6 nitrogen and oxygen atoms in total. The van der Waals surface area contributed by atoms with Gasteiger partial charge in [0.05, 0.1) is 5.69 Å². The fourth-order valence-corrected chi connectivity index (χ4v) is 3.38. The van der Waals surface area contributed by atoms with Crippen molar-refractivity contribution in [3.8, 4) is 0 Å². The van der Waals surface area contributed by atoms with Crippen molar-refractivity contribution in [1.82, 2.24) is 15.1 Å². The van der Waals surface area contributed by atoms with E-state index < -0.39 is 0 Å². The number of hydrogen-bond donors (Lipinski definition) is 0. The first kappa shape index (κ1) is 15.2. The number of cyclic esters (lactones) is 1. The number of aryl methyl sites for hydroxylation is 1. The minimum atomic E-state index is -0.107. The van der Waals surface area contributed by atoms with Gasteiger partial charge in [-0.2, -0.15) is 5.10 Å². The highest BCUT2D eigenvalue weighted by molar-refractivity contribution is 5.78. The Morgan fingerprint density at radius 1 is 1.36 bits per heavy atom. The predicted molar refractivity (Wildman–Crippen MR) is 83.7 cm³/mol. The van der Waals surface area contributed by atoms with Crippen LogP contribution in [0, 0.1) is 6.92 Å². The quantitative estimate of drug-likeness (QED) is 0.787. The van der Waals surface area contributed by atoms with Gasteiger partial charge in [0.2, 0.25) is 0 Å². The maximum atomic E-state index is 12.0. The first-order valence-corrected chi connectivity index (χ1v) is 8.02. The molecule has 0 amide bonds. The molecule has 22 heavy (non-hydrogen) atoms. The van der Waals surface area contributed by atoms with Crippen LogP contribution in [0.25, 0.3) is 0 Å². The average molecular weight is 304 g/mol. The smallest absolute Gasteiger partial charge is 0.323 e. The molecule has 2 saturated heterocycles. The third-order valence-corrected chi connectivity index (χ3v) is 4.72. The highest BCUT2D eigenvalue weighted by atomic mass is 16.6. The molecule has 6 heteroatoms. The van der Waals surface area contributed by atoms with Crippen LogP contribution in [0.4, 0.5) is 5.82 Å². The van der Waals surface area contributed by atoms with Crippen LogP contribution in [-0.2, 0) is 9.53 Å². The van der Waals surface area contributed by atoms with E-state index in [0.29, 0.717) is 6.04 Å². The first-order valence-electron chi connectivity index (χ1n) is 8.02. The number of carbonyl (C=O) groups is 1. The lowest BCUT2D eigenvalue weighted by molar-refractivity contribution is -0.145.